The minimum atomic E-state index is -0.107. The topological polar surface area (TPSA) is 76.5 Å². The predicted molar refractivity (Wildman–Crippen MR) is 82.1 cm³/mol. The third kappa shape index (κ3) is 2.48. The highest BCUT2D eigenvalue weighted by atomic mass is 16.5. The van der Waals surface area contributed by atoms with E-state index in [4.69, 9.17) is 4.52 Å². The Hall–Kier alpha value is -2.70. The molecule has 3 aromatic rings. The highest BCUT2D eigenvalue weighted by molar-refractivity contribution is 5.91. The molecule has 0 saturated carbocycles. The first-order valence-electron chi connectivity index (χ1n) is 7.74. The van der Waals surface area contributed by atoms with Gasteiger partial charge in [0, 0.05) is 31.3 Å². The summed E-state index contributed by atoms with van der Waals surface area (Å²) in [5.41, 5.74) is 1.54. The third-order valence-electron chi connectivity index (χ3n) is 4.25. The van der Waals surface area contributed by atoms with Crippen molar-refractivity contribution in [2.24, 2.45) is 0 Å². The Morgan fingerprint density at radius 1 is 1.35 bits per heavy atom. The average molecular weight is 311 g/mol. The molecule has 23 heavy (non-hydrogen) atoms. The number of hydrogen-bond acceptors (Lipinski definition) is 5. The van der Waals surface area contributed by atoms with Crippen molar-refractivity contribution in [2.45, 2.75) is 25.7 Å². The first-order valence-corrected chi connectivity index (χ1v) is 7.74. The molecule has 1 unspecified atom stereocenters. The number of aryl methyl sites for hydroxylation is 1. The van der Waals surface area contributed by atoms with Gasteiger partial charge in [-0.25, -0.2) is 0 Å². The maximum absolute atomic E-state index is 12.5. The van der Waals surface area contributed by atoms with E-state index in [9.17, 15) is 4.79 Å². The van der Waals surface area contributed by atoms with E-state index in [-0.39, 0.29) is 11.8 Å². The number of rotatable bonds is 2. The fourth-order valence-corrected chi connectivity index (χ4v) is 3.13. The van der Waals surface area contributed by atoms with Crippen LogP contribution >= 0.6 is 0 Å². The van der Waals surface area contributed by atoms with Crippen LogP contribution in [0.4, 0.5) is 0 Å². The molecule has 7 nitrogen and oxygen atoms in total. The van der Waals surface area contributed by atoms with E-state index in [1.807, 2.05) is 40.6 Å². The summed E-state index contributed by atoms with van der Waals surface area (Å²) in [6.45, 7) is 3.15. The minimum absolute atomic E-state index is 0.107. The van der Waals surface area contributed by atoms with Crippen molar-refractivity contribution >= 4 is 11.6 Å². The van der Waals surface area contributed by atoms with Gasteiger partial charge in [0.25, 0.3) is 5.91 Å². The largest absolute Gasteiger partial charge is 0.351 e. The van der Waals surface area contributed by atoms with Crippen LogP contribution in [0.5, 0.6) is 0 Å². The van der Waals surface area contributed by atoms with Gasteiger partial charge >= 0.3 is 0 Å². The maximum Gasteiger partial charge on any atom is 0.292 e. The lowest BCUT2D eigenvalue weighted by atomic mass is 9.97. The highest BCUT2D eigenvalue weighted by Gasteiger charge is 2.29. The van der Waals surface area contributed by atoms with E-state index < -0.39 is 0 Å². The third-order valence-corrected chi connectivity index (χ3v) is 4.25. The second kappa shape index (κ2) is 5.49. The van der Waals surface area contributed by atoms with Crippen molar-refractivity contribution in [3.63, 3.8) is 0 Å². The minimum Gasteiger partial charge on any atom is -0.351 e. The van der Waals surface area contributed by atoms with Gasteiger partial charge < -0.3 is 9.42 Å². The number of fused-ring (bicyclic) bond motifs is 1. The van der Waals surface area contributed by atoms with Gasteiger partial charge in [-0.1, -0.05) is 11.2 Å². The molecule has 0 N–H and O–H groups in total. The molecule has 3 aromatic heterocycles. The molecular weight excluding hydrogens is 294 g/mol. The maximum atomic E-state index is 12.5. The standard InChI is InChI=1S/C16H17N5O2/c1-11-9-13(23-19-11)16(22)20-7-4-5-12(10-20)15-18-17-14-6-2-3-8-21(14)15/h2-3,6,8-9,12H,4-5,7,10H2,1H3. The van der Waals surface area contributed by atoms with Crippen LogP contribution in [-0.2, 0) is 0 Å². The summed E-state index contributed by atoms with van der Waals surface area (Å²) < 4.78 is 7.10. The molecule has 0 bridgehead atoms. The van der Waals surface area contributed by atoms with E-state index in [1.54, 1.807) is 6.07 Å². The van der Waals surface area contributed by atoms with E-state index >= 15 is 0 Å². The van der Waals surface area contributed by atoms with Crippen molar-refractivity contribution < 1.29 is 9.32 Å². The van der Waals surface area contributed by atoms with Crippen molar-refractivity contribution in [3.05, 3.63) is 47.7 Å². The van der Waals surface area contributed by atoms with Crippen LogP contribution in [0, 0.1) is 6.92 Å². The molecule has 4 heterocycles. The van der Waals surface area contributed by atoms with Crippen LogP contribution < -0.4 is 0 Å². The normalized spacial score (nSPS) is 18.5. The zero-order valence-corrected chi connectivity index (χ0v) is 12.8. The summed E-state index contributed by atoms with van der Waals surface area (Å²) in [5.74, 6) is 1.28. The second-order valence-electron chi connectivity index (χ2n) is 5.91. The molecule has 0 aromatic carbocycles. The van der Waals surface area contributed by atoms with Crippen LogP contribution in [-0.4, -0.2) is 43.7 Å². The first-order chi connectivity index (χ1) is 11.2. The molecular formula is C16H17N5O2. The molecule has 1 aliphatic heterocycles. The smallest absolute Gasteiger partial charge is 0.292 e. The Bertz CT molecular complexity index is 853. The second-order valence-corrected chi connectivity index (χ2v) is 5.91. The molecule has 0 radical (unpaired) electrons. The summed E-state index contributed by atoms with van der Waals surface area (Å²) in [4.78, 5) is 14.4. The molecule has 1 fully saturated rings. The van der Waals surface area contributed by atoms with E-state index in [2.05, 4.69) is 15.4 Å². The van der Waals surface area contributed by atoms with E-state index in [1.165, 1.54) is 0 Å². The van der Waals surface area contributed by atoms with Gasteiger partial charge in [0.1, 0.15) is 5.82 Å². The lowest BCUT2D eigenvalue weighted by Gasteiger charge is -2.31. The lowest BCUT2D eigenvalue weighted by Crippen LogP contribution is -2.39. The fraction of sp³-hybridized carbons (Fsp3) is 0.375. The molecule has 1 amide bonds. The van der Waals surface area contributed by atoms with Gasteiger partial charge in [-0.2, -0.15) is 0 Å². The van der Waals surface area contributed by atoms with Crippen molar-refractivity contribution in [1.29, 1.82) is 0 Å². The van der Waals surface area contributed by atoms with Crippen molar-refractivity contribution in [3.8, 4) is 0 Å². The molecule has 0 spiro atoms. The number of pyridine rings is 1. The Labute approximate surface area is 132 Å². The van der Waals surface area contributed by atoms with Crippen LogP contribution in [0.25, 0.3) is 5.65 Å². The summed E-state index contributed by atoms with van der Waals surface area (Å²) in [6, 6.07) is 7.51. The summed E-state index contributed by atoms with van der Waals surface area (Å²) in [6.07, 6.45) is 3.89. The number of piperidine rings is 1. The van der Waals surface area contributed by atoms with Crippen LogP contribution in [0.3, 0.4) is 0 Å². The Balaban J connectivity index is 1.58. The molecule has 0 aliphatic carbocycles. The zero-order valence-electron chi connectivity index (χ0n) is 12.8. The summed E-state index contributed by atoms with van der Waals surface area (Å²) in [5, 5.41) is 12.3. The van der Waals surface area contributed by atoms with Gasteiger partial charge in [-0.15, -0.1) is 10.2 Å². The monoisotopic (exact) mass is 311 g/mol. The average Bonchev–Trinajstić information content (AvgIpc) is 3.20. The number of likely N-dealkylation sites (tertiary alicyclic amines) is 1. The lowest BCUT2D eigenvalue weighted by molar-refractivity contribution is 0.0662. The van der Waals surface area contributed by atoms with Gasteiger partial charge in [0.2, 0.25) is 5.76 Å². The van der Waals surface area contributed by atoms with E-state index in [0.717, 1.165) is 30.9 Å². The van der Waals surface area contributed by atoms with E-state index in [0.29, 0.717) is 18.0 Å². The summed E-state index contributed by atoms with van der Waals surface area (Å²) >= 11 is 0. The SMILES string of the molecule is Cc1cc(C(=O)N2CCCC(c3nnc4ccccn34)C2)on1. The number of aromatic nitrogens is 4. The number of hydrogen-bond donors (Lipinski definition) is 0. The van der Waals surface area contributed by atoms with Gasteiger partial charge in [-0.3, -0.25) is 9.20 Å². The zero-order chi connectivity index (χ0) is 15.8. The Kier molecular flexibility index (Phi) is 3.33. The number of amides is 1. The van der Waals surface area contributed by atoms with Crippen LogP contribution in [0.2, 0.25) is 0 Å². The van der Waals surface area contributed by atoms with Gasteiger partial charge in [0.15, 0.2) is 5.65 Å². The van der Waals surface area contributed by atoms with Crippen LogP contribution in [0.15, 0.2) is 35.0 Å². The first kappa shape index (κ1) is 13.9. The molecule has 118 valence electrons. The quantitative estimate of drug-likeness (QED) is 0.724. The Morgan fingerprint density at radius 3 is 3.09 bits per heavy atom. The van der Waals surface area contributed by atoms with Crippen molar-refractivity contribution in [2.75, 3.05) is 13.1 Å². The van der Waals surface area contributed by atoms with Crippen LogP contribution in [0.1, 0.15) is 40.8 Å². The molecule has 1 aliphatic rings. The summed E-state index contributed by atoms with van der Waals surface area (Å²) in [7, 11) is 0. The number of carbonyl (C=O) groups is 1. The highest BCUT2D eigenvalue weighted by Crippen LogP contribution is 2.27. The fourth-order valence-electron chi connectivity index (χ4n) is 3.13. The molecule has 4 rings (SSSR count). The molecule has 7 heteroatoms. The molecule has 1 saturated heterocycles. The van der Waals surface area contributed by atoms with Gasteiger partial charge in [0.05, 0.1) is 5.69 Å². The van der Waals surface area contributed by atoms with Crippen molar-refractivity contribution in [1.82, 2.24) is 24.7 Å². The Morgan fingerprint density at radius 2 is 2.26 bits per heavy atom. The number of carbonyl (C=O) groups excluding carboxylic acids is 1. The predicted octanol–water partition coefficient (Wildman–Crippen LogP) is 2.05. The molecule has 1 atom stereocenters. The van der Waals surface area contributed by atoms with Gasteiger partial charge in [-0.05, 0) is 31.9 Å². The number of nitrogens with zero attached hydrogens (tertiary/aromatic N) is 5.